The van der Waals surface area contributed by atoms with Gasteiger partial charge in [-0.3, -0.25) is 9.59 Å². The highest BCUT2D eigenvalue weighted by Gasteiger charge is 2.43. The van der Waals surface area contributed by atoms with Crippen molar-refractivity contribution in [1.29, 1.82) is 0 Å². The van der Waals surface area contributed by atoms with Gasteiger partial charge in [0.15, 0.2) is 6.29 Å². The summed E-state index contributed by atoms with van der Waals surface area (Å²) in [4.78, 5) is 35.2. The zero-order valence-corrected chi connectivity index (χ0v) is 11.4. The van der Waals surface area contributed by atoms with Crippen molar-refractivity contribution < 1.29 is 23.9 Å². The summed E-state index contributed by atoms with van der Waals surface area (Å²) in [5.74, 6) is -1.54. The van der Waals surface area contributed by atoms with Crippen LogP contribution in [0.3, 0.4) is 0 Å². The van der Waals surface area contributed by atoms with E-state index in [0.29, 0.717) is 5.56 Å². The Morgan fingerprint density at radius 2 is 1.85 bits per heavy atom. The highest BCUT2D eigenvalue weighted by molar-refractivity contribution is 6.04. The van der Waals surface area contributed by atoms with E-state index < -0.39 is 17.6 Å². The van der Waals surface area contributed by atoms with Crippen LogP contribution in [-0.2, 0) is 19.1 Å². The molecule has 0 saturated carbocycles. The van der Waals surface area contributed by atoms with E-state index >= 15 is 0 Å². The number of ether oxygens (including phenoxy) is 2. The van der Waals surface area contributed by atoms with Crippen LogP contribution in [-0.4, -0.2) is 37.1 Å². The third-order valence-electron chi connectivity index (χ3n) is 2.45. The van der Waals surface area contributed by atoms with Gasteiger partial charge in [0, 0.05) is 12.2 Å². The van der Waals surface area contributed by atoms with Crippen LogP contribution >= 0.6 is 0 Å². The number of esters is 1. The maximum absolute atomic E-state index is 12.0. The molecule has 0 spiro atoms. The Kier molecular flexibility index (Phi) is 5.86. The van der Waals surface area contributed by atoms with Crippen LogP contribution in [0.1, 0.15) is 24.2 Å². The first kappa shape index (κ1) is 15.8. The lowest BCUT2D eigenvalue weighted by atomic mass is 10.1. The Hall–Kier alpha value is -2.21. The first-order valence-corrected chi connectivity index (χ1v) is 6.24. The minimum absolute atomic E-state index is 0.0621. The molecule has 0 aliphatic carbocycles. The second kappa shape index (κ2) is 7.40. The number of nitrogens with one attached hydrogen (secondary N) is 1. The Balaban J connectivity index is 2.97. The van der Waals surface area contributed by atoms with Crippen LogP contribution in [0.25, 0.3) is 0 Å². The van der Waals surface area contributed by atoms with Gasteiger partial charge < -0.3 is 14.8 Å². The Bertz CT molecular complexity index is 474. The predicted octanol–water partition coefficient (Wildman–Crippen LogP) is 0.911. The van der Waals surface area contributed by atoms with Gasteiger partial charge in [0.25, 0.3) is 11.6 Å². The van der Waals surface area contributed by atoms with Gasteiger partial charge in [-0.25, -0.2) is 4.79 Å². The minimum Gasteiger partial charge on any atom is -0.462 e. The lowest BCUT2D eigenvalue weighted by Crippen LogP contribution is -2.58. The van der Waals surface area contributed by atoms with Gasteiger partial charge >= 0.3 is 5.97 Å². The maximum Gasteiger partial charge on any atom is 0.367 e. The van der Waals surface area contributed by atoms with Gasteiger partial charge in [-0.05, 0) is 26.0 Å². The van der Waals surface area contributed by atoms with E-state index in [1.807, 2.05) is 0 Å². The van der Waals surface area contributed by atoms with Crippen molar-refractivity contribution in [1.82, 2.24) is 5.32 Å². The van der Waals surface area contributed by atoms with Crippen LogP contribution in [0.15, 0.2) is 30.3 Å². The number of amides is 1. The Morgan fingerprint density at radius 3 is 2.35 bits per heavy atom. The molecular formula is C14H17NO5. The van der Waals surface area contributed by atoms with Crippen LogP contribution in [0, 0.1) is 0 Å². The normalized spacial score (nSPS) is 13.1. The number of hydrogen-bond donors (Lipinski definition) is 1. The molecule has 1 rings (SSSR count). The molecule has 0 bridgehead atoms. The smallest absolute Gasteiger partial charge is 0.367 e. The highest BCUT2D eigenvalue weighted by atomic mass is 16.6. The highest BCUT2D eigenvalue weighted by Crippen LogP contribution is 2.10. The number of hydrogen-bond acceptors (Lipinski definition) is 5. The van der Waals surface area contributed by atoms with E-state index in [-0.39, 0.29) is 19.5 Å². The van der Waals surface area contributed by atoms with Gasteiger partial charge in [-0.2, -0.15) is 0 Å². The zero-order valence-electron chi connectivity index (χ0n) is 11.4. The fraction of sp³-hybridized carbons (Fsp3) is 0.357. The summed E-state index contributed by atoms with van der Waals surface area (Å²) >= 11 is 0. The van der Waals surface area contributed by atoms with Gasteiger partial charge in [0.1, 0.15) is 0 Å². The number of rotatable bonds is 7. The lowest BCUT2D eigenvalue weighted by molar-refractivity contribution is -0.175. The molecule has 0 heterocycles. The average Bonchev–Trinajstić information content (AvgIpc) is 2.47. The van der Waals surface area contributed by atoms with Crippen LogP contribution in [0.4, 0.5) is 0 Å². The first-order chi connectivity index (χ1) is 9.59. The summed E-state index contributed by atoms with van der Waals surface area (Å²) in [5.41, 5.74) is -1.81. The van der Waals surface area contributed by atoms with Crippen molar-refractivity contribution in [3.63, 3.8) is 0 Å². The number of carbonyl (C=O) groups excluding carboxylic acids is 3. The van der Waals surface area contributed by atoms with Crippen LogP contribution in [0.2, 0.25) is 0 Å². The molecule has 0 saturated heterocycles. The molecule has 0 aliphatic heterocycles. The van der Waals surface area contributed by atoms with Crippen molar-refractivity contribution in [2.24, 2.45) is 0 Å². The van der Waals surface area contributed by atoms with E-state index in [0.717, 1.165) is 0 Å². The monoisotopic (exact) mass is 279 g/mol. The van der Waals surface area contributed by atoms with Crippen molar-refractivity contribution >= 4 is 18.2 Å². The SMILES string of the molecule is CCOC(=O)C(C=O)(NC(=O)c1ccccc1)OCC. The standard InChI is InChI=1S/C14H17NO5/c1-3-19-13(18)14(10-16,20-4-2)15-12(17)11-8-6-5-7-9-11/h5-10H,3-4H2,1-2H3,(H,15,17). The molecule has 6 nitrogen and oxygen atoms in total. The summed E-state index contributed by atoms with van der Waals surface area (Å²) in [6.45, 7) is 3.33. The fourth-order valence-electron chi connectivity index (χ4n) is 1.55. The van der Waals surface area contributed by atoms with Crippen molar-refractivity contribution in [3.8, 4) is 0 Å². The first-order valence-electron chi connectivity index (χ1n) is 6.24. The Labute approximate surface area is 117 Å². The molecule has 6 heteroatoms. The molecule has 1 unspecified atom stereocenters. The van der Waals surface area contributed by atoms with E-state index in [2.05, 4.69) is 5.32 Å². The summed E-state index contributed by atoms with van der Waals surface area (Å²) in [5, 5.41) is 2.28. The number of carbonyl (C=O) groups is 3. The van der Waals surface area contributed by atoms with Crippen LogP contribution in [0.5, 0.6) is 0 Å². The van der Waals surface area contributed by atoms with Crippen LogP contribution < -0.4 is 5.32 Å². The van der Waals surface area contributed by atoms with E-state index in [1.54, 1.807) is 44.2 Å². The molecule has 0 aromatic heterocycles. The van der Waals surface area contributed by atoms with Gasteiger partial charge in [0.05, 0.1) is 6.61 Å². The lowest BCUT2D eigenvalue weighted by Gasteiger charge is -2.26. The molecular weight excluding hydrogens is 262 g/mol. The van der Waals surface area contributed by atoms with E-state index in [9.17, 15) is 14.4 Å². The summed E-state index contributed by atoms with van der Waals surface area (Å²) in [6, 6.07) is 8.20. The molecule has 108 valence electrons. The summed E-state index contributed by atoms with van der Waals surface area (Å²) in [7, 11) is 0. The second-order valence-corrected chi connectivity index (χ2v) is 3.83. The summed E-state index contributed by atoms with van der Waals surface area (Å²) in [6.07, 6.45) is 0.231. The van der Waals surface area contributed by atoms with Gasteiger partial charge in [-0.1, -0.05) is 18.2 Å². The molecule has 1 amide bonds. The third-order valence-corrected chi connectivity index (χ3v) is 2.45. The largest absolute Gasteiger partial charge is 0.462 e. The molecule has 0 aliphatic rings. The predicted molar refractivity (Wildman–Crippen MR) is 71.0 cm³/mol. The summed E-state index contributed by atoms with van der Waals surface area (Å²) < 4.78 is 9.89. The fourth-order valence-corrected chi connectivity index (χ4v) is 1.55. The maximum atomic E-state index is 12.0. The van der Waals surface area contributed by atoms with Crippen molar-refractivity contribution in [2.45, 2.75) is 19.6 Å². The molecule has 1 atom stereocenters. The van der Waals surface area contributed by atoms with Gasteiger partial charge in [-0.15, -0.1) is 0 Å². The minimum atomic E-state index is -2.11. The van der Waals surface area contributed by atoms with Crippen molar-refractivity contribution in [3.05, 3.63) is 35.9 Å². The molecule has 0 fully saturated rings. The average molecular weight is 279 g/mol. The Morgan fingerprint density at radius 1 is 1.20 bits per heavy atom. The van der Waals surface area contributed by atoms with Crippen molar-refractivity contribution in [2.75, 3.05) is 13.2 Å². The molecule has 1 aromatic rings. The molecule has 1 aromatic carbocycles. The van der Waals surface area contributed by atoms with E-state index in [4.69, 9.17) is 9.47 Å². The topological polar surface area (TPSA) is 81.7 Å². The molecule has 1 N–H and O–H groups in total. The quantitative estimate of drug-likeness (QED) is 0.347. The number of aldehydes is 1. The third kappa shape index (κ3) is 3.64. The number of benzene rings is 1. The second-order valence-electron chi connectivity index (χ2n) is 3.83. The zero-order chi connectivity index (χ0) is 15.0. The molecule has 0 radical (unpaired) electrons. The molecule has 20 heavy (non-hydrogen) atoms. The van der Waals surface area contributed by atoms with Gasteiger partial charge in [0.2, 0.25) is 0 Å². The van der Waals surface area contributed by atoms with E-state index in [1.165, 1.54) is 0 Å².